The number of anilines is 1. The highest BCUT2D eigenvalue weighted by molar-refractivity contribution is 5.77. The van der Waals surface area contributed by atoms with Gasteiger partial charge in [-0.1, -0.05) is 24.3 Å². The van der Waals surface area contributed by atoms with E-state index in [-0.39, 0.29) is 18.3 Å². The summed E-state index contributed by atoms with van der Waals surface area (Å²) in [7, 11) is 0. The lowest BCUT2D eigenvalue weighted by Crippen LogP contribution is -2.40. The molecule has 1 N–H and O–H groups in total. The minimum atomic E-state index is -0.477. The Balaban J connectivity index is 1.44. The van der Waals surface area contributed by atoms with Gasteiger partial charge in [-0.3, -0.25) is 4.79 Å². The highest BCUT2D eigenvalue weighted by atomic mass is 19.1. The first-order valence-corrected chi connectivity index (χ1v) is 7.85. The second-order valence-electron chi connectivity index (χ2n) is 5.37. The van der Waals surface area contributed by atoms with Crippen molar-refractivity contribution < 1.29 is 18.7 Å². The summed E-state index contributed by atoms with van der Waals surface area (Å²) in [4.78, 5) is 14.0. The summed E-state index contributed by atoms with van der Waals surface area (Å²) in [6.07, 6.45) is 0. The summed E-state index contributed by atoms with van der Waals surface area (Å²) in [6, 6.07) is 13.8. The molecule has 0 aliphatic carbocycles. The van der Waals surface area contributed by atoms with Crippen molar-refractivity contribution in [3.8, 4) is 11.5 Å². The minimum Gasteiger partial charge on any atom is -0.490 e. The first kappa shape index (κ1) is 16.1. The second kappa shape index (κ2) is 7.68. The minimum absolute atomic E-state index is 0.0785. The van der Waals surface area contributed by atoms with Gasteiger partial charge in [0.15, 0.2) is 18.2 Å². The standard InChI is InChI=1S/C18H19FN2O3/c19-14-5-1-3-7-16(14)24-13-18(22)20-9-10-21-11-12-23-17-8-4-2-6-15(17)21/h1-8H,9-13H2,(H,20,22). The highest BCUT2D eigenvalue weighted by Crippen LogP contribution is 2.30. The van der Waals surface area contributed by atoms with Crippen LogP contribution >= 0.6 is 0 Å². The molecule has 1 aliphatic heterocycles. The van der Waals surface area contributed by atoms with Crippen LogP contribution in [0.5, 0.6) is 11.5 Å². The molecule has 6 heteroatoms. The quantitative estimate of drug-likeness (QED) is 0.882. The van der Waals surface area contributed by atoms with Crippen LogP contribution in [0.15, 0.2) is 48.5 Å². The SMILES string of the molecule is O=C(COc1ccccc1F)NCCN1CCOc2ccccc21. The van der Waals surface area contributed by atoms with Gasteiger partial charge >= 0.3 is 0 Å². The predicted octanol–water partition coefficient (Wildman–Crippen LogP) is 2.22. The Morgan fingerprint density at radius 1 is 1.21 bits per heavy atom. The fourth-order valence-corrected chi connectivity index (χ4v) is 2.55. The van der Waals surface area contributed by atoms with Crippen molar-refractivity contribution in [3.63, 3.8) is 0 Å². The third-order valence-electron chi connectivity index (χ3n) is 3.72. The van der Waals surface area contributed by atoms with Gasteiger partial charge in [-0.05, 0) is 24.3 Å². The van der Waals surface area contributed by atoms with Crippen LogP contribution in [0.1, 0.15) is 0 Å². The molecular formula is C18H19FN2O3. The van der Waals surface area contributed by atoms with Gasteiger partial charge in [-0.2, -0.15) is 0 Å². The topological polar surface area (TPSA) is 50.8 Å². The van der Waals surface area contributed by atoms with Crippen LogP contribution in [0.2, 0.25) is 0 Å². The van der Waals surface area contributed by atoms with Gasteiger partial charge in [0.25, 0.3) is 5.91 Å². The smallest absolute Gasteiger partial charge is 0.258 e. The third kappa shape index (κ3) is 3.95. The molecule has 0 fully saturated rings. The zero-order valence-corrected chi connectivity index (χ0v) is 13.2. The Kier molecular flexibility index (Phi) is 5.15. The number of hydrogen-bond acceptors (Lipinski definition) is 4. The number of fused-ring (bicyclic) bond motifs is 1. The van der Waals surface area contributed by atoms with Crippen molar-refractivity contribution in [2.24, 2.45) is 0 Å². The average molecular weight is 330 g/mol. The van der Waals surface area contributed by atoms with Gasteiger partial charge in [-0.15, -0.1) is 0 Å². The zero-order chi connectivity index (χ0) is 16.8. The largest absolute Gasteiger partial charge is 0.490 e. The van der Waals surface area contributed by atoms with Gasteiger partial charge in [0.05, 0.1) is 12.2 Å². The van der Waals surface area contributed by atoms with Crippen LogP contribution in [0, 0.1) is 5.82 Å². The number of benzene rings is 2. The van der Waals surface area contributed by atoms with E-state index in [2.05, 4.69) is 10.2 Å². The molecule has 2 aromatic carbocycles. The van der Waals surface area contributed by atoms with Crippen molar-refractivity contribution in [1.29, 1.82) is 0 Å². The lowest BCUT2D eigenvalue weighted by atomic mass is 10.2. The normalized spacial score (nSPS) is 13.0. The van der Waals surface area contributed by atoms with Crippen LogP contribution in [0.25, 0.3) is 0 Å². The molecule has 0 atom stereocenters. The van der Waals surface area contributed by atoms with Crippen LogP contribution in [0.4, 0.5) is 10.1 Å². The molecule has 2 aromatic rings. The first-order chi connectivity index (χ1) is 11.7. The van der Waals surface area contributed by atoms with E-state index in [9.17, 15) is 9.18 Å². The van der Waals surface area contributed by atoms with Crippen molar-refractivity contribution >= 4 is 11.6 Å². The molecule has 0 aromatic heterocycles. The lowest BCUT2D eigenvalue weighted by molar-refractivity contribution is -0.123. The average Bonchev–Trinajstić information content (AvgIpc) is 2.61. The lowest BCUT2D eigenvalue weighted by Gasteiger charge is -2.31. The maximum Gasteiger partial charge on any atom is 0.258 e. The number of carbonyl (C=O) groups is 1. The number of ether oxygens (including phenoxy) is 2. The molecule has 0 spiro atoms. The molecule has 126 valence electrons. The van der Waals surface area contributed by atoms with Crippen molar-refractivity contribution in [3.05, 3.63) is 54.3 Å². The summed E-state index contributed by atoms with van der Waals surface area (Å²) in [5, 5.41) is 2.78. The second-order valence-corrected chi connectivity index (χ2v) is 5.37. The molecule has 1 aliphatic rings. The van der Waals surface area contributed by atoms with Crippen LogP contribution in [-0.2, 0) is 4.79 Å². The molecule has 0 saturated heterocycles. The van der Waals surface area contributed by atoms with E-state index in [0.29, 0.717) is 19.7 Å². The fraction of sp³-hybridized carbons (Fsp3) is 0.278. The number of amides is 1. The van der Waals surface area contributed by atoms with Gasteiger partial charge in [0, 0.05) is 13.1 Å². The molecular weight excluding hydrogens is 311 g/mol. The van der Waals surface area contributed by atoms with E-state index < -0.39 is 5.82 Å². The number of nitrogens with one attached hydrogen (secondary N) is 1. The maximum atomic E-state index is 13.4. The Bertz CT molecular complexity index is 708. The molecule has 0 unspecified atom stereocenters. The van der Waals surface area contributed by atoms with Crippen molar-refractivity contribution in [2.75, 3.05) is 37.7 Å². The number of rotatable bonds is 6. The summed E-state index contributed by atoms with van der Waals surface area (Å²) in [5.41, 5.74) is 1.03. The van der Waals surface area contributed by atoms with Gasteiger partial charge < -0.3 is 19.7 Å². The van der Waals surface area contributed by atoms with E-state index in [1.165, 1.54) is 12.1 Å². The zero-order valence-electron chi connectivity index (χ0n) is 13.2. The Morgan fingerprint density at radius 3 is 2.88 bits per heavy atom. The summed E-state index contributed by atoms with van der Waals surface area (Å²) in [5.74, 6) is 0.183. The van der Waals surface area contributed by atoms with Crippen molar-refractivity contribution in [1.82, 2.24) is 5.32 Å². The van der Waals surface area contributed by atoms with Gasteiger partial charge in [0.2, 0.25) is 0 Å². The number of nitrogens with zero attached hydrogens (tertiary/aromatic N) is 1. The molecule has 1 heterocycles. The molecule has 5 nitrogen and oxygen atoms in total. The van der Waals surface area contributed by atoms with Gasteiger partial charge in [-0.25, -0.2) is 4.39 Å². The molecule has 0 bridgehead atoms. The molecule has 3 rings (SSSR count). The number of para-hydroxylation sites is 3. The van der Waals surface area contributed by atoms with Crippen LogP contribution in [-0.4, -0.2) is 38.8 Å². The van der Waals surface area contributed by atoms with Crippen LogP contribution in [0.3, 0.4) is 0 Å². The van der Waals surface area contributed by atoms with Crippen LogP contribution < -0.4 is 19.7 Å². The Hall–Kier alpha value is -2.76. The summed E-state index contributed by atoms with van der Waals surface area (Å²) >= 11 is 0. The van der Waals surface area contributed by atoms with Gasteiger partial charge in [0.1, 0.15) is 12.4 Å². The molecule has 0 saturated carbocycles. The monoisotopic (exact) mass is 330 g/mol. The van der Waals surface area contributed by atoms with E-state index in [0.717, 1.165) is 18.0 Å². The van der Waals surface area contributed by atoms with Crippen molar-refractivity contribution in [2.45, 2.75) is 0 Å². The van der Waals surface area contributed by atoms with E-state index >= 15 is 0 Å². The number of hydrogen-bond donors (Lipinski definition) is 1. The summed E-state index contributed by atoms with van der Waals surface area (Å²) < 4.78 is 24.2. The Labute approximate surface area is 140 Å². The Morgan fingerprint density at radius 2 is 2.00 bits per heavy atom. The molecule has 0 radical (unpaired) electrons. The van der Waals surface area contributed by atoms with E-state index in [1.54, 1.807) is 12.1 Å². The fourth-order valence-electron chi connectivity index (χ4n) is 2.55. The number of carbonyl (C=O) groups excluding carboxylic acids is 1. The molecule has 24 heavy (non-hydrogen) atoms. The third-order valence-corrected chi connectivity index (χ3v) is 3.72. The molecule has 1 amide bonds. The van der Waals surface area contributed by atoms with E-state index in [1.807, 2.05) is 24.3 Å². The van der Waals surface area contributed by atoms with E-state index in [4.69, 9.17) is 9.47 Å². The first-order valence-electron chi connectivity index (χ1n) is 7.85. The summed E-state index contributed by atoms with van der Waals surface area (Å²) in [6.45, 7) is 2.35. The highest BCUT2D eigenvalue weighted by Gasteiger charge is 2.17. The number of halogens is 1. The maximum absolute atomic E-state index is 13.4. The predicted molar refractivity (Wildman–Crippen MR) is 89.1 cm³/mol.